The highest BCUT2D eigenvalue weighted by molar-refractivity contribution is 5.87. The molecule has 0 amide bonds. The van der Waals surface area contributed by atoms with Crippen molar-refractivity contribution in [3.05, 3.63) is 24.3 Å². The standard InChI is InChI=1S/C14H20O2/c1-4-13(16-14(15)9(2)3)12-8-10-5-6-11(12)7-10/h5-6,10-13H,2,4,7-8H2,1,3H3. The summed E-state index contributed by atoms with van der Waals surface area (Å²) in [5.74, 6) is 1.65. The maximum Gasteiger partial charge on any atom is 0.333 e. The monoisotopic (exact) mass is 220 g/mol. The van der Waals surface area contributed by atoms with E-state index in [9.17, 15) is 4.79 Å². The van der Waals surface area contributed by atoms with Crippen molar-refractivity contribution in [3.63, 3.8) is 0 Å². The Morgan fingerprint density at radius 1 is 1.50 bits per heavy atom. The van der Waals surface area contributed by atoms with Gasteiger partial charge in [-0.3, -0.25) is 0 Å². The zero-order chi connectivity index (χ0) is 11.7. The molecule has 1 fully saturated rings. The van der Waals surface area contributed by atoms with Crippen LogP contribution in [-0.4, -0.2) is 12.1 Å². The molecule has 0 spiro atoms. The molecule has 0 N–H and O–H groups in total. The number of rotatable bonds is 4. The average Bonchev–Trinajstić information content (AvgIpc) is 2.86. The fourth-order valence-corrected chi connectivity index (χ4v) is 2.96. The molecule has 4 atom stereocenters. The van der Waals surface area contributed by atoms with Crippen molar-refractivity contribution in [2.45, 2.75) is 39.2 Å². The van der Waals surface area contributed by atoms with Gasteiger partial charge in [-0.05, 0) is 38.0 Å². The molecule has 2 nitrogen and oxygen atoms in total. The molecular weight excluding hydrogens is 200 g/mol. The number of carbonyl (C=O) groups is 1. The molecule has 0 aliphatic heterocycles. The van der Waals surface area contributed by atoms with E-state index in [-0.39, 0.29) is 12.1 Å². The van der Waals surface area contributed by atoms with Crippen molar-refractivity contribution in [1.29, 1.82) is 0 Å². The number of carbonyl (C=O) groups excluding carboxylic acids is 1. The van der Waals surface area contributed by atoms with Crippen LogP contribution >= 0.6 is 0 Å². The highest BCUT2D eigenvalue weighted by atomic mass is 16.5. The van der Waals surface area contributed by atoms with Crippen LogP contribution in [0.4, 0.5) is 0 Å². The molecule has 2 heteroatoms. The molecule has 2 aliphatic carbocycles. The topological polar surface area (TPSA) is 26.3 Å². The van der Waals surface area contributed by atoms with Gasteiger partial charge in [0.1, 0.15) is 6.10 Å². The second kappa shape index (κ2) is 4.44. The van der Waals surface area contributed by atoms with E-state index in [1.54, 1.807) is 6.92 Å². The lowest BCUT2D eigenvalue weighted by molar-refractivity contribution is -0.147. The van der Waals surface area contributed by atoms with Crippen LogP contribution in [-0.2, 0) is 9.53 Å². The van der Waals surface area contributed by atoms with Crippen molar-refractivity contribution in [1.82, 2.24) is 0 Å². The summed E-state index contributed by atoms with van der Waals surface area (Å²) in [4.78, 5) is 11.5. The zero-order valence-electron chi connectivity index (χ0n) is 10.1. The van der Waals surface area contributed by atoms with Gasteiger partial charge in [-0.1, -0.05) is 25.7 Å². The molecule has 0 aromatic rings. The molecule has 4 unspecified atom stereocenters. The largest absolute Gasteiger partial charge is 0.459 e. The second-order valence-corrected chi connectivity index (χ2v) is 5.08. The maximum atomic E-state index is 11.5. The van der Waals surface area contributed by atoms with Crippen LogP contribution in [0.1, 0.15) is 33.1 Å². The molecule has 88 valence electrons. The van der Waals surface area contributed by atoms with Gasteiger partial charge >= 0.3 is 5.97 Å². The molecule has 2 bridgehead atoms. The molecule has 16 heavy (non-hydrogen) atoms. The Balaban J connectivity index is 1.98. The summed E-state index contributed by atoms with van der Waals surface area (Å²) < 4.78 is 5.53. The predicted molar refractivity (Wildman–Crippen MR) is 63.8 cm³/mol. The summed E-state index contributed by atoms with van der Waals surface area (Å²) in [7, 11) is 0. The van der Waals surface area contributed by atoms with Crippen LogP contribution in [0.3, 0.4) is 0 Å². The quantitative estimate of drug-likeness (QED) is 0.413. The SMILES string of the molecule is C=C(C)C(=O)OC(CC)C1CC2C=CC1C2. The van der Waals surface area contributed by atoms with Gasteiger partial charge in [-0.15, -0.1) is 0 Å². The molecular formula is C14H20O2. The first-order valence-corrected chi connectivity index (χ1v) is 6.16. The summed E-state index contributed by atoms with van der Waals surface area (Å²) in [6.45, 7) is 7.42. The van der Waals surface area contributed by atoms with Gasteiger partial charge in [-0.2, -0.15) is 0 Å². The molecule has 2 aliphatic rings. The van der Waals surface area contributed by atoms with Crippen LogP contribution in [0.15, 0.2) is 24.3 Å². The Labute approximate surface area is 97.4 Å². The zero-order valence-corrected chi connectivity index (χ0v) is 10.1. The third kappa shape index (κ3) is 2.06. The fraction of sp³-hybridized carbons (Fsp3) is 0.643. The van der Waals surface area contributed by atoms with Gasteiger partial charge in [0.25, 0.3) is 0 Å². The third-order valence-electron chi connectivity index (χ3n) is 3.82. The summed E-state index contributed by atoms with van der Waals surface area (Å²) in [6, 6.07) is 0. The molecule has 0 radical (unpaired) electrons. The first-order chi connectivity index (χ1) is 7.61. The fourth-order valence-electron chi connectivity index (χ4n) is 2.96. The van der Waals surface area contributed by atoms with E-state index >= 15 is 0 Å². The van der Waals surface area contributed by atoms with Gasteiger partial charge in [0.15, 0.2) is 0 Å². The van der Waals surface area contributed by atoms with Crippen LogP contribution in [0.2, 0.25) is 0 Å². The Morgan fingerprint density at radius 3 is 2.69 bits per heavy atom. The Bertz CT molecular complexity index is 330. The summed E-state index contributed by atoms with van der Waals surface area (Å²) in [6.07, 6.45) is 8.03. The van der Waals surface area contributed by atoms with Gasteiger partial charge in [0, 0.05) is 11.5 Å². The predicted octanol–water partition coefficient (Wildman–Crippen LogP) is 3.10. The number of hydrogen-bond donors (Lipinski definition) is 0. The lowest BCUT2D eigenvalue weighted by atomic mass is 9.87. The van der Waals surface area contributed by atoms with Crippen molar-refractivity contribution in [3.8, 4) is 0 Å². The van der Waals surface area contributed by atoms with E-state index in [4.69, 9.17) is 4.74 Å². The Morgan fingerprint density at radius 2 is 2.25 bits per heavy atom. The van der Waals surface area contributed by atoms with Crippen LogP contribution in [0.25, 0.3) is 0 Å². The van der Waals surface area contributed by atoms with E-state index in [2.05, 4.69) is 25.7 Å². The van der Waals surface area contributed by atoms with Gasteiger partial charge in [0.05, 0.1) is 0 Å². The highest BCUT2D eigenvalue weighted by Crippen LogP contribution is 2.46. The lowest BCUT2D eigenvalue weighted by Crippen LogP contribution is -2.29. The first kappa shape index (κ1) is 11.4. The van der Waals surface area contributed by atoms with Crippen LogP contribution in [0.5, 0.6) is 0 Å². The Hall–Kier alpha value is -1.05. The van der Waals surface area contributed by atoms with Crippen LogP contribution in [0, 0.1) is 17.8 Å². The van der Waals surface area contributed by atoms with E-state index < -0.39 is 0 Å². The molecule has 1 saturated carbocycles. The van der Waals surface area contributed by atoms with E-state index in [1.807, 2.05) is 0 Å². The lowest BCUT2D eigenvalue weighted by Gasteiger charge is -2.27. The normalized spacial score (nSPS) is 32.8. The minimum atomic E-state index is -0.237. The summed E-state index contributed by atoms with van der Waals surface area (Å²) in [5, 5.41) is 0. The molecule has 0 heterocycles. The van der Waals surface area contributed by atoms with Crippen molar-refractivity contribution >= 4 is 5.97 Å². The summed E-state index contributed by atoms with van der Waals surface area (Å²) >= 11 is 0. The van der Waals surface area contributed by atoms with Crippen LogP contribution < -0.4 is 0 Å². The number of fused-ring (bicyclic) bond motifs is 2. The summed E-state index contributed by atoms with van der Waals surface area (Å²) in [5.41, 5.74) is 0.497. The minimum absolute atomic E-state index is 0.0733. The number of esters is 1. The van der Waals surface area contributed by atoms with Crippen molar-refractivity contribution < 1.29 is 9.53 Å². The van der Waals surface area contributed by atoms with Gasteiger partial charge in [0.2, 0.25) is 0 Å². The molecule has 2 rings (SSSR count). The first-order valence-electron chi connectivity index (χ1n) is 6.16. The van der Waals surface area contributed by atoms with E-state index in [0.717, 1.165) is 12.3 Å². The van der Waals surface area contributed by atoms with E-state index in [1.165, 1.54) is 12.8 Å². The number of allylic oxidation sites excluding steroid dienone is 2. The smallest absolute Gasteiger partial charge is 0.333 e. The minimum Gasteiger partial charge on any atom is -0.459 e. The Kier molecular flexibility index (Phi) is 3.17. The molecule has 0 saturated heterocycles. The molecule has 0 aromatic heterocycles. The third-order valence-corrected chi connectivity index (χ3v) is 3.82. The number of hydrogen-bond acceptors (Lipinski definition) is 2. The maximum absolute atomic E-state index is 11.5. The van der Waals surface area contributed by atoms with E-state index in [0.29, 0.717) is 17.4 Å². The average molecular weight is 220 g/mol. The van der Waals surface area contributed by atoms with Crippen molar-refractivity contribution in [2.24, 2.45) is 17.8 Å². The number of ether oxygens (including phenoxy) is 1. The highest BCUT2D eigenvalue weighted by Gasteiger charge is 2.40. The second-order valence-electron chi connectivity index (χ2n) is 5.08. The van der Waals surface area contributed by atoms with Gasteiger partial charge in [-0.25, -0.2) is 4.79 Å². The van der Waals surface area contributed by atoms with Gasteiger partial charge < -0.3 is 4.74 Å². The molecule has 0 aromatic carbocycles. The van der Waals surface area contributed by atoms with Crippen molar-refractivity contribution in [2.75, 3.05) is 0 Å².